The minimum atomic E-state index is -0.790. The number of hydrogen-bond acceptors (Lipinski definition) is 6. The molecular weight excluding hydrogens is 949 g/mol. The average Bonchev–Trinajstić information content (AvgIpc) is 3.43. The van der Waals surface area contributed by atoms with E-state index in [9.17, 15) is 14.4 Å². The van der Waals surface area contributed by atoms with Crippen LogP contribution in [0.1, 0.15) is 303 Å². The van der Waals surface area contributed by atoms with Crippen LogP contribution in [0.15, 0.2) is 109 Å². The predicted octanol–water partition coefficient (Wildman–Crippen LogP) is 22.2. The maximum Gasteiger partial charge on any atom is 0.306 e. The topological polar surface area (TPSA) is 78.9 Å². The molecule has 0 fully saturated rings. The van der Waals surface area contributed by atoms with Crippen molar-refractivity contribution < 1.29 is 28.6 Å². The van der Waals surface area contributed by atoms with Gasteiger partial charge in [0.25, 0.3) is 0 Å². The number of unbranched alkanes of at least 4 members (excludes halogenated alkanes) is 29. The molecule has 0 aromatic rings. The van der Waals surface area contributed by atoms with E-state index in [1.165, 1.54) is 135 Å². The molecule has 0 aliphatic rings. The first kappa shape index (κ1) is 73.1. The number of hydrogen-bond donors (Lipinski definition) is 0. The fourth-order valence-electron chi connectivity index (χ4n) is 8.92. The second-order valence-corrected chi connectivity index (χ2v) is 21.3. The van der Waals surface area contributed by atoms with E-state index in [0.29, 0.717) is 19.3 Å². The molecule has 6 heteroatoms. The summed E-state index contributed by atoms with van der Waals surface area (Å²) in [5.41, 5.74) is 0. The summed E-state index contributed by atoms with van der Waals surface area (Å²) >= 11 is 0. The minimum Gasteiger partial charge on any atom is -0.462 e. The monoisotopic (exact) mass is 1070 g/mol. The smallest absolute Gasteiger partial charge is 0.306 e. The number of rotatable bonds is 58. The molecule has 0 amide bonds. The third-order valence-electron chi connectivity index (χ3n) is 13.8. The van der Waals surface area contributed by atoms with Gasteiger partial charge in [-0.15, -0.1) is 0 Å². The van der Waals surface area contributed by atoms with E-state index in [1.54, 1.807) is 0 Å². The van der Waals surface area contributed by atoms with Crippen molar-refractivity contribution in [3.63, 3.8) is 0 Å². The lowest BCUT2D eigenvalue weighted by Crippen LogP contribution is -2.30. The Balaban J connectivity index is 4.35. The van der Waals surface area contributed by atoms with E-state index in [-0.39, 0.29) is 31.1 Å². The fraction of sp³-hybridized carbons (Fsp3) is 0.704. The van der Waals surface area contributed by atoms with Crippen molar-refractivity contribution >= 4 is 17.9 Å². The number of ether oxygens (including phenoxy) is 3. The van der Waals surface area contributed by atoms with E-state index in [4.69, 9.17) is 14.2 Å². The lowest BCUT2D eigenvalue weighted by atomic mass is 10.1. The molecule has 0 saturated carbocycles. The van der Waals surface area contributed by atoms with Crippen LogP contribution in [0.4, 0.5) is 0 Å². The predicted molar refractivity (Wildman–Crippen MR) is 334 cm³/mol. The highest BCUT2D eigenvalue weighted by atomic mass is 16.6. The van der Waals surface area contributed by atoms with Gasteiger partial charge in [0.15, 0.2) is 6.10 Å². The summed E-state index contributed by atoms with van der Waals surface area (Å²) in [6.07, 6.45) is 88.0. The zero-order valence-electron chi connectivity index (χ0n) is 50.4. The minimum absolute atomic E-state index is 0.0848. The van der Waals surface area contributed by atoms with Crippen molar-refractivity contribution in [3.05, 3.63) is 109 Å². The Hall–Kier alpha value is -3.93. The molecule has 1 unspecified atom stereocenters. The Labute approximate surface area is 476 Å². The number of allylic oxidation sites excluding steroid dienone is 18. The number of esters is 3. The third kappa shape index (κ3) is 62.8. The molecule has 0 heterocycles. The van der Waals surface area contributed by atoms with E-state index >= 15 is 0 Å². The molecule has 0 rings (SSSR count). The summed E-state index contributed by atoms with van der Waals surface area (Å²) < 4.78 is 16.9. The maximum atomic E-state index is 12.9. The molecule has 0 N–H and O–H groups in total. The summed E-state index contributed by atoms with van der Waals surface area (Å²) in [5.74, 6) is -0.901. The molecule has 1 atom stereocenters. The molecule has 440 valence electrons. The zero-order chi connectivity index (χ0) is 55.7. The van der Waals surface area contributed by atoms with Gasteiger partial charge >= 0.3 is 17.9 Å². The van der Waals surface area contributed by atoms with Crippen LogP contribution in [0.5, 0.6) is 0 Å². The Morgan fingerprint density at radius 3 is 0.792 bits per heavy atom. The van der Waals surface area contributed by atoms with Crippen molar-refractivity contribution in [1.82, 2.24) is 0 Å². The van der Waals surface area contributed by atoms with E-state index in [0.717, 1.165) is 128 Å². The van der Waals surface area contributed by atoms with E-state index in [1.807, 2.05) is 0 Å². The van der Waals surface area contributed by atoms with E-state index in [2.05, 4.69) is 130 Å². The highest BCUT2D eigenvalue weighted by molar-refractivity contribution is 5.71. The lowest BCUT2D eigenvalue weighted by Gasteiger charge is -2.18. The maximum absolute atomic E-state index is 12.9. The molecule has 0 saturated heterocycles. The normalized spacial score (nSPS) is 12.8. The van der Waals surface area contributed by atoms with Crippen molar-refractivity contribution in [2.45, 2.75) is 309 Å². The van der Waals surface area contributed by atoms with Crippen molar-refractivity contribution in [3.8, 4) is 0 Å². The number of carbonyl (C=O) groups excluding carboxylic acids is 3. The molecule has 0 aromatic heterocycles. The van der Waals surface area contributed by atoms with Crippen LogP contribution in [0.2, 0.25) is 0 Å². The second-order valence-electron chi connectivity index (χ2n) is 21.3. The van der Waals surface area contributed by atoms with Crippen molar-refractivity contribution in [2.75, 3.05) is 13.2 Å². The highest BCUT2D eigenvalue weighted by Crippen LogP contribution is 2.16. The van der Waals surface area contributed by atoms with E-state index < -0.39 is 6.10 Å². The fourth-order valence-corrected chi connectivity index (χ4v) is 8.92. The molecule has 0 spiro atoms. The first-order valence-corrected chi connectivity index (χ1v) is 32.4. The highest BCUT2D eigenvalue weighted by Gasteiger charge is 2.19. The van der Waals surface area contributed by atoms with Gasteiger partial charge in [-0.2, -0.15) is 0 Å². The van der Waals surface area contributed by atoms with Gasteiger partial charge in [0.2, 0.25) is 0 Å². The van der Waals surface area contributed by atoms with Crippen LogP contribution in [0.25, 0.3) is 0 Å². The summed E-state index contributed by atoms with van der Waals surface area (Å²) in [5, 5.41) is 0. The van der Waals surface area contributed by atoms with Crippen LogP contribution < -0.4 is 0 Å². The average molecular weight is 1070 g/mol. The molecule has 6 nitrogen and oxygen atoms in total. The molecular formula is C71H120O6. The summed E-state index contributed by atoms with van der Waals surface area (Å²) in [6, 6.07) is 0. The van der Waals surface area contributed by atoms with Gasteiger partial charge in [0.05, 0.1) is 0 Å². The van der Waals surface area contributed by atoms with Gasteiger partial charge < -0.3 is 14.2 Å². The quantitative estimate of drug-likeness (QED) is 0.0261. The molecule has 0 aliphatic carbocycles. The van der Waals surface area contributed by atoms with Crippen molar-refractivity contribution in [2.24, 2.45) is 0 Å². The van der Waals surface area contributed by atoms with Crippen LogP contribution >= 0.6 is 0 Å². The van der Waals surface area contributed by atoms with Gasteiger partial charge in [0, 0.05) is 19.3 Å². The molecule has 0 radical (unpaired) electrons. The van der Waals surface area contributed by atoms with Gasteiger partial charge in [0.1, 0.15) is 13.2 Å². The first-order chi connectivity index (χ1) is 38.0. The van der Waals surface area contributed by atoms with Gasteiger partial charge in [-0.05, 0) is 109 Å². The Kier molecular flexibility index (Phi) is 61.3. The van der Waals surface area contributed by atoms with Crippen LogP contribution in [0, 0.1) is 0 Å². The standard InChI is InChI=1S/C71H120O6/c1-4-7-10-13-16-19-22-24-26-28-30-32-34-35-37-38-40-42-44-46-49-52-55-58-61-64-70(73)76-67-68(66-75-69(72)63-60-57-54-51-48-21-18-15-12-9-6-3)77-71(74)65-62-59-56-53-50-47-45-43-41-39-36-33-31-29-27-25-23-20-17-14-11-8-5-2/h7,10,16,19,23-26,29-32,35-37,39-40,42,68H,4-6,8-9,11-15,17-18,20-22,27-28,33-34,38,41,43-67H2,1-3H3/b10-7-,19-16-,25-23-,26-24-,31-29-,32-30-,37-35-,39-36-,42-40-. The largest absolute Gasteiger partial charge is 0.462 e. The third-order valence-corrected chi connectivity index (χ3v) is 13.8. The molecule has 0 bridgehead atoms. The number of carbonyl (C=O) groups is 3. The zero-order valence-corrected chi connectivity index (χ0v) is 50.4. The molecule has 0 aromatic carbocycles. The Morgan fingerprint density at radius 2 is 0.506 bits per heavy atom. The van der Waals surface area contributed by atoms with Crippen LogP contribution in [-0.4, -0.2) is 37.2 Å². The molecule has 0 aliphatic heterocycles. The van der Waals surface area contributed by atoms with Crippen LogP contribution in [-0.2, 0) is 28.6 Å². The summed E-state index contributed by atoms with van der Waals surface area (Å²) in [4.78, 5) is 38.3. The second kappa shape index (κ2) is 64.6. The van der Waals surface area contributed by atoms with Crippen molar-refractivity contribution in [1.29, 1.82) is 0 Å². The molecule has 77 heavy (non-hydrogen) atoms. The Morgan fingerprint density at radius 1 is 0.273 bits per heavy atom. The van der Waals surface area contributed by atoms with Gasteiger partial charge in [-0.3, -0.25) is 14.4 Å². The SMILES string of the molecule is CC/C=C\C/C=C\C/C=C\C/C=C\C/C=C\C/C=C\CCCCCCCCC(=O)OCC(COC(=O)CCCCCCCCCCCCC)OC(=O)CCCCCCCCCC/C=C\C/C=C\C/C=C\CCCCCCC. The van der Waals surface area contributed by atoms with Gasteiger partial charge in [-0.25, -0.2) is 0 Å². The van der Waals surface area contributed by atoms with Gasteiger partial charge in [-0.1, -0.05) is 284 Å². The summed E-state index contributed by atoms with van der Waals surface area (Å²) in [7, 11) is 0. The van der Waals surface area contributed by atoms with Crippen LogP contribution in [0.3, 0.4) is 0 Å². The lowest BCUT2D eigenvalue weighted by molar-refractivity contribution is -0.167. The first-order valence-electron chi connectivity index (χ1n) is 32.4. The Bertz CT molecular complexity index is 1560. The summed E-state index contributed by atoms with van der Waals surface area (Å²) in [6.45, 7) is 6.51.